The molecule has 0 aromatic rings. The molecule has 0 unspecified atom stereocenters. The highest BCUT2D eigenvalue weighted by atomic mass is 16.5. The Kier molecular flexibility index (Phi) is 3.89. The highest BCUT2D eigenvalue weighted by Crippen LogP contribution is 2.22. The number of methoxy groups -OCH3 is 1. The van der Waals surface area contributed by atoms with Gasteiger partial charge in [-0.05, 0) is 12.8 Å². The van der Waals surface area contributed by atoms with Crippen molar-refractivity contribution in [2.24, 2.45) is 5.73 Å². The van der Waals surface area contributed by atoms with Crippen LogP contribution < -0.4 is 5.73 Å². The summed E-state index contributed by atoms with van der Waals surface area (Å²) >= 11 is 0. The molecule has 0 aliphatic carbocycles. The van der Waals surface area contributed by atoms with E-state index >= 15 is 0 Å². The lowest BCUT2D eigenvalue weighted by molar-refractivity contribution is -0.139. The summed E-state index contributed by atoms with van der Waals surface area (Å²) in [5.74, 6) is 0.205. The van der Waals surface area contributed by atoms with Gasteiger partial charge in [0.15, 0.2) is 0 Å². The zero-order valence-electron chi connectivity index (χ0n) is 9.08. The number of amides is 1. The van der Waals surface area contributed by atoms with Crippen molar-refractivity contribution in [2.75, 3.05) is 26.8 Å². The molecule has 1 aliphatic rings. The third-order valence-corrected chi connectivity index (χ3v) is 2.81. The molecule has 1 amide bonds. The number of ether oxygens (including phenoxy) is 1. The third kappa shape index (κ3) is 2.69. The molecule has 4 heteroatoms. The Morgan fingerprint density at radius 3 is 2.71 bits per heavy atom. The van der Waals surface area contributed by atoms with Crippen LogP contribution in [0.1, 0.15) is 26.2 Å². The predicted octanol–water partition coefficient (Wildman–Crippen LogP) is 0.363. The summed E-state index contributed by atoms with van der Waals surface area (Å²) in [6, 6.07) is 0. The molecule has 0 aromatic heterocycles. The van der Waals surface area contributed by atoms with E-state index in [2.05, 4.69) is 6.92 Å². The molecule has 1 saturated heterocycles. The van der Waals surface area contributed by atoms with Crippen molar-refractivity contribution in [2.45, 2.75) is 31.7 Å². The van der Waals surface area contributed by atoms with Crippen molar-refractivity contribution in [3.63, 3.8) is 0 Å². The van der Waals surface area contributed by atoms with Gasteiger partial charge >= 0.3 is 0 Å². The summed E-state index contributed by atoms with van der Waals surface area (Å²) in [5, 5.41) is 0. The topological polar surface area (TPSA) is 55.6 Å². The first kappa shape index (κ1) is 11.5. The minimum atomic E-state index is -0.114. The maximum Gasteiger partial charge on any atom is 0.222 e. The fourth-order valence-corrected chi connectivity index (χ4v) is 1.64. The first-order valence-corrected chi connectivity index (χ1v) is 5.17. The van der Waals surface area contributed by atoms with Crippen LogP contribution in [0.3, 0.4) is 0 Å². The Morgan fingerprint density at radius 2 is 2.21 bits per heavy atom. The Balaban J connectivity index is 2.16. The zero-order chi connectivity index (χ0) is 10.6. The highest BCUT2D eigenvalue weighted by molar-refractivity contribution is 5.77. The highest BCUT2D eigenvalue weighted by Gasteiger charge is 2.39. The van der Waals surface area contributed by atoms with Crippen molar-refractivity contribution in [3.8, 4) is 0 Å². The fraction of sp³-hybridized carbons (Fsp3) is 0.900. The van der Waals surface area contributed by atoms with Gasteiger partial charge in [0.05, 0.1) is 5.54 Å². The van der Waals surface area contributed by atoms with E-state index in [1.54, 1.807) is 7.11 Å². The van der Waals surface area contributed by atoms with Gasteiger partial charge in [-0.3, -0.25) is 4.79 Å². The molecule has 1 rings (SSSR count). The average molecular weight is 200 g/mol. The van der Waals surface area contributed by atoms with Crippen molar-refractivity contribution in [1.82, 2.24) is 4.90 Å². The summed E-state index contributed by atoms with van der Waals surface area (Å²) in [6.45, 7) is 4.15. The van der Waals surface area contributed by atoms with Crippen LogP contribution in [-0.2, 0) is 9.53 Å². The number of nitrogens with zero attached hydrogens (tertiary/aromatic N) is 1. The molecule has 4 nitrogen and oxygen atoms in total. The van der Waals surface area contributed by atoms with Gasteiger partial charge in [-0.2, -0.15) is 0 Å². The minimum Gasteiger partial charge on any atom is -0.385 e. The Bertz CT molecular complexity index is 200. The van der Waals surface area contributed by atoms with Gasteiger partial charge in [0.2, 0.25) is 5.91 Å². The first-order chi connectivity index (χ1) is 6.61. The molecule has 82 valence electrons. The van der Waals surface area contributed by atoms with E-state index in [1.807, 2.05) is 4.90 Å². The molecule has 1 heterocycles. The maximum absolute atomic E-state index is 11.5. The van der Waals surface area contributed by atoms with Crippen LogP contribution in [0, 0.1) is 0 Å². The zero-order valence-corrected chi connectivity index (χ0v) is 9.08. The van der Waals surface area contributed by atoms with Gasteiger partial charge in [-0.1, -0.05) is 6.92 Å². The van der Waals surface area contributed by atoms with Crippen LogP contribution in [0.5, 0.6) is 0 Å². The van der Waals surface area contributed by atoms with E-state index in [1.165, 1.54) is 0 Å². The smallest absolute Gasteiger partial charge is 0.222 e. The maximum atomic E-state index is 11.5. The van der Waals surface area contributed by atoms with Gasteiger partial charge in [-0.15, -0.1) is 0 Å². The van der Waals surface area contributed by atoms with Crippen LogP contribution >= 0.6 is 0 Å². The van der Waals surface area contributed by atoms with Gasteiger partial charge in [0, 0.05) is 33.2 Å². The summed E-state index contributed by atoms with van der Waals surface area (Å²) < 4.78 is 4.89. The lowest BCUT2D eigenvalue weighted by Crippen LogP contribution is -2.68. The molecule has 14 heavy (non-hydrogen) atoms. The largest absolute Gasteiger partial charge is 0.385 e. The summed E-state index contributed by atoms with van der Waals surface area (Å²) in [5.41, 5.74) is 5.85. The molecule has 0 bridgehead atoms. The second-order valence-corrected chi connectivity index (χ2v) is 4.06. The summed E-state index contributed by atoms with van der Waals surface area (Å²) in [4.78, 5) is 13.4. The van der Waals surface area contributed by atoms with Crippen LogP contribution in [0.15, 0.2) is 0 Å². The molecular formula is C10H20N2O2. The molecule has 1 fully saturated rings. The average Bonchev–Trinajstić information content (AvgIpc) is 2.13. The van der Waals surface area contributed by atoms with Gasteiger partial charge in [0.1, 0.15) is 0 Å². The van der Waals surface area contributed by atoms with E-state index in [4.69, 9.17) is 10.5 Å². The molecule has 0 atom stereocenters. The Hall–Kier alpha value is -0.610. The molecule has 0 aromatic carbocycles. The number of carbonyl (C=O) groups excluding carboxylic acids is 1. The molecule has 1 aliphatic heterocycles. The molecule has 0 saturated carbocycles. The normalized spacial score (nSPS) is 19.2. The van der Waals surface area contributed by atoms with Crippen LogP contribution in [0.2, 0.25) is 0 Å². The molecule has 2 N–H and O–H groups in total. The number of likely N-dealkylation sites (tertiary alicyclic amines) is 1. The predicted molar refractivity (Wildman–Crippen MR) is 54.9 cm³/mol. The Morgan fingerprint density at radius 1 is 1.57 bits per heavy atom. The fourth-order valence-electron chi connectivity index (χ4n) is 1.64. The quantitative estimate of drug-likeness (QED) is 0.652. The third-order valence-electron chi connectivity index (χ3n) is 2.81. The van der Waals surface area contributed by atoms with Gasteiger partial charge in [0.25, 0.3) is 0 Å². The van der Waals surface area contributed by atoms with E-state index < -0.39 is 0 Å². The summed E-state index contributed by atoms with van der Waals surface area (Å²) in [7, 11) is 1.65. The molecule has 0 spiro atoms. The van der Waals surface area contributed by atoms with E-state index in [0.29, 0.717) is 13.0 Å². The number of carbonyl (C=O) groups is 1. The lowest BCUT2D eigenvalue weighted by atomic mass is 9.88. The van der Waals surface area contributed by atoms with Crippen LogP contribution in [0.4, 0.5) is 0 Å². The van der Waals surface area contributed by atoms with E-state index in [9.17, 15) is 4.79 Å². The van der Waals surface area contributed by atoms with Crippen LogP contribution in [0.25, 0.3) is 0 Å². The number of nitrogens with two attached hydrogens (primary N) is 1. The first-order valence-electron chi connectivity index (χ1n) is 5.17. The summed E-state index contributed by atoms with van der Waals surface area (Å²) in [6.07, 6.45) is 2.32. The van der Waals surface area contributed by atoms with E-state index in [-0.39, 0.29) is 11.4 Å². The number of hydrogen-bond donors (Lipinski definition) is 1. The standard InChI is InChI=1S/C10H20N2O2/c1-3-10(11)7-12(8-10)9(13)5-4-6-14-2/h3-8,11H2,1-2H3. The van der Waals surface area contributed by atoms with E-state index in [0.717, 1.165) is 25.9 Å². The lowest BCUT2D eigenvalue weighted by Gasteiger charge is -2.47. The second kappa shape index (κ2) is 4.75. The van der Waals surface area contributed by atoms with Gasteiger partial charge < -0.3 is 15.4 Å². The van der Waals surface area contributed by atoms with Crippen molar-refractivity contribution in [1.29, 1.82) is 0 Å². The monoisotopic (exact) mass is 200 g/mol. The molecule has 0 radical (unpaired) electrons. The van der Waals surface area contributed by atoms with Crippen molar-refractivity contribution in [3.05, 3.63) is 0 Å². The number of hydrogen-bond acceptors (Lipinski definition) is 3. The van der Waals surface area contributed by atoms with Crippen molar-refractivity contribution >= 4 is 5.91 Å². The van der Waals surface area contributed by atoms with Gasteiger partial charge in [-0.25, -0.2) is 0 Å². The van der Waals surface area contributed by atoms with Crippen LogP contribution in [-0.4, -0.2) is 43.2 Å². The molecular weight excluding hydrogens is 180 g/mol. The SMILES string of the molecule is CCC1(N)CN(C(=O)CCCOC)C1. The van der Waals surface area contributed by atoms with Crippen molar-refractivity contribution < 1.29 is 9.53 Å². The Labute approximate surface area is 85.4 Å². The minimum absolute atomic E-state index is 0.114. The number of rotatable bonds is 5. The second-order valence-electron chi connectivity index (χ2n) is 4.06.